The van der Waals surface area contributed by atoms with Crippen LogP contribution in [-0.4, -0.2) is 0 Å². The summed E-state index contributed by atoms with van der Waals surface area (Å²) in [5.41, 5.74) is 17.7. The number of benzene rings is 2. The van der Waals surface area contributed by atoms with Crippen LogP contribution in [0, 0.1) is 0 Å². The molecule has 21 heavy (non-hydrogen) atoms. The van der Waals surface area contributed by atoms with Gasteiger partial charge in [0.05, 0.1) is 0 Å². The standard InChI is InChI=1S/C18H21BrN2/c1-17(2)10-18(3,11-4-6-12(20)7-5-11)14-9-16(21)15(19)8-13(14)17/h4-9H,10,20-21H2,1-3H3. The van der Waals surface area contributed by atoms with Gasteiger partial charge in [-0.25, -0.2) is 0 Å². The quantitative estimate of drug-likeness (QED) is 0.742. The SMILES string of the molecule is CC1(C)CC(C)(c2ccc(N)cc2)c2cc(N)c(Br)cc21. The molecule has 1 unspecified atom stereocenters. The van der Waals surface area contributed by atoms with Gasteiger partial charge >= 0.3 is 0 Å². The van der Waals surface area contributed by atoms with Crippen LogP contribution in [0.1, 0.15) is 43.9 Å². The molecule has 1 atom stereocenters. The van der Waals surface area contributed by atoms with Crippen LogP contribution >= 0.6 is 15.9 Å². The molecule has 0 saturated carbocycles. The average Bonchev–Trinajstić information content (AvgIpc) is 2.59. The van der Waals surface area contributed by atoms with Crippen molar-refractivity contribution >= 4 is 27.3 Å². The monoisotopic (exact) mass is 344 g/mol. The molecule has 0 fully saturated rings. The van der Waals surface area contributed by atoms with Gasteiger partial charge in [0.2, 0.25) is 0 Å². The zero-order chi connectivity index (χ0) is 15.4. The Kier molecular flexibility index (Phi) is 3.10. The lowest BCUT2D eigenvalue weighted by molar-refractivity contribution is 0.425. The van der Waals surface area contributed by atoms with E-state index in [-0.39, 0.29) is 10.8 Å². The van der Waals surface area contributed by atoms with Crippen LogP contribution in [-0.2, 0) is 10.8 Å². The molecular formula is C18H21BrN2. The van der Waals surface area contributed by atoms with Crippen molar-refractivity contribution in [1.29, 1.82) is 0 Å². The summed E-state index contributed by atoms with van der Waals surface area (Å²) in [4.78, 5) is 0. The van der Waals surface area contributed by atoms with Crippen LogP contribution in [0.3, 0.4) is 0 Å². The van der Waals surface area contributed by atoms with Gasteiger partial charge in [0, 0.05) is 21.3 Å². The molecule has 3 rings (SSSR count). The molecule has 0 radical (unpaired) electrons. The molecule has 0 bridgehead atoms. The Morgan fingerprint density at radius 1 is 0.952 bits per heavy atom. The fraction of sp³-hybridized carbons (Fsp3) is 0.333. The number of fused-ring (bicyclic) bond motifs is 1. The number of rotatable bonds is 1. The van der Waals surface area contributed by atoms with Crippen LogP contribution in [0.25, 0.3) is 0 Å². The molecule has 2 nitrogen and oxygen atoms in total. The molecular weight excluding hydrogens is 324 g/mol. The predicted octanol–water partition coefficient (Wildman–Crippen LogP) is 4.60. The number of halogens is 1. The largest absolute Gasteiger partial charge is 0.399 e. The van der Waals surface area contributed by atoms with Gasteiger partial charge in [-0.3, -0.25) is 0 Å². The molecule has 0 aliphatic heterocycles. The Bertz CT molecular complexity index is 704. The summed E-state index contributed by atoms with van der Waals surface area (Å²) in [6, 6.07) is 12.6. The van der Waals surface area contributed by atoms with Crippen molar-refractivity contribution < 1.29 is 0 Å². The maximum absolute atomic E-state index is 6.14. The summed E-state index contributed by atoms with van der Waals surface area (Å²) < 4.78 is 0.982. The Labute approximate surface area is 134 Å². The highest BCUT2D eigenvalue weighted by atomic mass is 79.9. The Hall–Kier alpha value is -1.48. The first-order valence-corrected chi connectivity index (χ1v) is 7.99. The van der Waals surface area contributed by atoms with Crippen LogP contribution in [0.15, 0.2) is 40.9 Å². The summed E-state index contributed by atoms with van der Waals surface area (Å²) in [5.74, 6) is 0. The third-order valence-corrected chi connectivity index (χ3v) is 5.49. The van der Waals surface area contributed by atoms with Gasteiger partial charge in [0.1, 0.15) is 0 Å². The number of nitrogens with two attached hydrogens (primary N) is 2. The molecule has 0 saturated heterocycles. The van der Waals surface area contributed by atoms with Gasteiger partial charge in [0.25, 0.3) is 0 Å². The smallest absolute Gasteiger partial charge is 0.0461 e. The normalized spacial score (nSPS) is 23.0. The van der Waals surface area contributed by atoms with E-state index < -0.39 is 0 Å². The molecule has 110 valence electrons. The fourth-order valence-electron chi connectivity index (χ4n) is 3.79. The summed E-state index contributed by atoms with van der Waals surface area (Å²) >= 11 is 3.56. The number of hydrogen-bond donors (Lipinski definition) is 2. The van der Waals surface area contributed by atoms with E-state index in [1.54, 1.807) is 0 Å². The zero-order valence-electron chi connectivity index (χ0n) is 12.7. The van der Waals surface area contributed by atoms with E-state index in [4.69, 9.17) is 11.5 Å². The third kappa shape index (κ3) is 2.15. The summed E-state index contributed by atoms with van der Waals surface area (Å²) in [6.45, 7) is 6.91. The summed E-state index contributed by atoms with van der Waals surface area (Å²) in [7, 11) is 0. The lowest BCUT2D eigenvalue weighted by atomic mass is 9.75. The first-order chi connectivity index (χ1) is 9.74. The molecule has 0 heterocycles. The Balaban J connectivity index is 2.24. The van der Waals surface area contributed by atoms with E-state index in [1.165, 1.54) is 16.7 Å². The Morgan fingerprint density at radius 2 is 1.57 bits per heavy atom. The lowest BCUT2D eigenvalue weighted by Crippen LogP contribution is -2.23. The highest BCUT2D eigenvalue weighted by Crippen LogP contribution is 2.54. The molecule has 2 aromatic rings. The minimum absolute atomic E-state index is 0.0264. The molecule has 1 aliphatic carbocycles. The summed E-state index contributed by atoms with van der Waals surface area (Å²) in [6.07, 6.45) is 1.06. The zero-order valence-corrected chi connectivity index (χ0v) is 14.3. The highest BCUT2D eigenvalue weighted by Gasteiger charge is 2.46. The van der Waals surface area contributed by atoms with Crippen molar-refractivity contribution in [3.05, 3.63) is 57.6 Å². The van der Waals surface area contributed by atoms with Crippen molar-refractivity contribution in [3.8, 4) is 0 Å². The molecule has 2 aromatic carbocycles. The number of anilines is 2. The van der Waals surface area contributed by atoms with E-state index in [1.807, 2.05) is 12.1 Å². The maximum Gasteiger partial charge on any atom is 0.0461 e. The van der Waals surface area contributed by atoms with Gasteiger partial charge < -0.3 is 11.5 Å². The van der Waals surface area contributed by atoms with Crippen LogP contribution in [0.4, 0.5) is 11.4 Å². The first-order valence-electron chi connectivity index (χ1n) is 7.20. The fourth-order valence-corrected chi connectivity index (χ4v) is 4.13. The van der Waals surface area contributed by atoms with E-state index in [2.05, 4.69) is 61.0 Å². The summed E-state index contributed by atoms with van der Waals surface area (Å²) in [5, 5.41) is 0. The minimum atomic E-state index is -0.0264. The van der Waals surface area contributed by atoms with Crippen molar-refractivity contribution in [3.63, 3.8) is 0 Å². The first kappa shape index (κ1) is 14.5. The molecule has 0 amide bonds. The lowest BCUT2D eigenvalue weighted by Gasteiger charge is -2.28. The maximum atomic E-state index is 6.14. The second-order valence-corrected chi connectivity index (χ2v) is 7.79. The van der Waals surface area contributed by atoms with Crippen molar-refractivity contribution in [2.24, 2.45) is 0 Å². The number of hydrogen-bond acceptors (Lipinski definition) is 2. The van der Waals surface area contributed by atoms with E-state index >= 15 is 0 Å². The molecule has 0 spiro atoms. The predicted molar refractivity (Wildman–Crippen MR) is 93.5 cm³/mol. The van der Waals surface area contributed by atoms with Gasteiger partial charge in [-0.15, -0.1) is 0 Å². The van der Waals surface area contributed by atoms with Gasteiger partial charge in [0.15, 0.2) is 0 Å². The minimum Gasteiger partial charge on any atom is -0.399 e. The second kappa shape index (κ2) is 4.51. The highest BCUT2D eigenvalue weighted by molar-refractivity contribution is 9.10. The third-order valence-electron chi connectivity index (χ3n) is 4.80. The van der Waals surface area contributed by atoms with Crippen molar-refractivity contribution in [2.75, 3.05) is 11.5 Å². The number of nitrogen functional groups attached to an aromatic ring is 2. The molecule has 4 N–H and O–H groups in total. The molecule has 1 aliphatic rings. The van der Waals surface area contributed by atoms with Crippen molar-refractivity contribution in [1.82, 2.24) is 0 Å². The molecule has 3 heteroatoms. The van der Waals surface area contributed by atoms with Gasteiger partial charge in [-0.2, -0.15) is 0 Å². The van der Waals surface area contributed by atoms with E-state index in [0.29, 0.717) is 0 Å². The van der Waals surface area contributed by atoms with E-state index in [9.17, 15) is 0 Å². The second-order valence-electron chi connectivity index (χ2n) is 6.93. The van der Waals surface area contributed by atoms with Gasteiger partial charge in [-0.05, 0) is 68.7 Å². The van der Waals surface area contributed by atoms with Crippen molar-refractivity contribution in [2.45, 2.75) is 38.0 Å². The van der Waals surface area contributed by atoms with Crippen LogP contribution in [0.5, 0.6) is 0 Å². The van der Waals surface area contributed by atoms with Crippen LogP contribution < -0.4 is 11.5 Å². The average molecular weight is 345 g/mol. The topological polar surface area (TPSA) is 52.0 Å². The Morgan fingerprint density at radius 3 is 2.19 bits per heavy atom. The van der Waals surface area contributed by atoms with Crippen LogP contribution in [0.2, 0.25) is 0 Å². The molecule has 0 aromatic heterocycles. The van der Waals surface area contributed by atoms with E-state index in [0.717, 1.165) is 22.3 Å². The van der Waals surface area contributed by atoms with Gasteiger partial charge in [-0.1, -0.05) is 32.9 Å².